The van der Waals surface area contributed by atoms with Gasteiger partial charge in [0, 0.05) is 5.25 Å². The lowest BCUT2D eigenvalue weighted by molar-refractivity contribution is 1.12. The van der Waals surface area contributed by atoms with Crippen LogP contribution >= 0.6 is 56.4 Å². The van der Waals surface area contributed by atoms with Gasteiger partial charge in [-0.25, -0.2) is 0 Å². The average molecular weight is 240 g/mol. The summed E-state index contributed by atoms with van der Waals surface area (Å²) in [7, 11) is 3.19. The van der Waals surface area contributed by atoms with Crippen LogP contribution in [-0.2, 0) is 0 Å². The van der Waals surface area contributed by atoms with Crippen LogP contribution in [0, 0.1) is 0 Å². The van der Waals surface area contributed by atoms with Gasteiger partial charge in [-0.2, -0.15) is 0 Å². The standard InChI is InChI=1S/C5H9Cl3S2/c1-3(2)9-10-5(8)4(6)7/h3-5H,1-2H3. The summed E-state index contributed by atoms with van der Waals surface area (Å²) in [6, 6.07) is 0. The summed E-state index contributed by atoms with van der Waals surface area (Å²) in [5.41, 5.74) is 0. The summed E-state index contributed by atoms with van der Waals surface area (Å²) in [5, 5.41) is 0.554. The second kappa shape index (κ2) is 6.13. The lowest BCUT2D eigenvalue weighted by atomic mass is 10.6. The second-order valence-corrected chi connectivity index (χ2v) is 6.81. The van der Waals surface area contributed by atoms with Crippen molar-refractivity contribution in [1.29, 1.82) is 0 Å². The molecule has 1 atom stereocenters. The van der Waals surface area contributed by atoms with Crippen molar-refractivity contribution in [3.05, 3.63) is 0 Å². The fraction of sp³-hybridized carbons (Fsp3) is 1.00. The molecule has 0 radical (unpaired) electrons. The first-order valence-corrected chi connectivity index (χ1v) is 6.37. The maximum absolute atomic E-state index is 5.74. The molecule has 62 valence electrons. The van der Waals surface area contributed by atoms with Crippen molar-refractivity contribution in [2.75, 3.05) is 0 Å². The van der Waals surface area contributed by atoms with E-state index in [1.807, 2.05) is 0 Å². The summed E-state index contributed by atoms with van der Waals surface area (Å²) in [5.74, 6) is 0. The highest BCUT2D eigenvalue weighted by Gasteiger charge is 2.14. The molecule has 0 aromatic heterocycles. The highest BCUT2D eigenvalue weighted by Crippen LogP contribution is 2.36. The van der Waals surface area contributed by atoms with E-state index in [9.17, 15) is 0 Å². The van der Waals surface area contributed by atoms with Gasteiger partial charge in [0.2, 0.25) is 0 Å². The molecule has 0 nitrogen and oxygen atoms in total. The Labute approximate surface area is 84.8 Å². The number of hydrogen-bond acceptors (Lipinski definition) is 2. The number of halogens is 3. The Morgan fingerprint density at radius 2 is 1.50 bits per heavy atom. The van der Waals surface area contributed by atoms with Crippen LogP contribution in [0.2, 0.25) is 0 Å². The molecular weight excluding hydrogens is 231 g/mol. The van der Waals surface area contributed by atoms with Gasteiger partial charge < -0.3 is 0 Å². The molecule has 0 bridgehead atoms. The number of alkyl halides is 3. The highest BCUT2D eigenvalue weighted by molar-refractivity contribution is 8.77. The van der Waals surface area contributed by atoms with Crippen LogP contribution in [0.3, 0.4) is 0 Å². The molecule has 0 fully saturated rings. The zero-order chi connectivity index (χ0) is 8.15. The third-order valence-electron chi connectivity index (χ3n) is 0.538. The average Bonchev–Trinajstić information content (AvgIpc) is 1.82. The summed E-state index contributed by atoms with van der Waals surface area (Å²) in [4.78, 5) is -0.488. The quantitative estimate of drug-likeness (QED) is 0.534. The van der Waals surface area contributed by atoms with Crippen LogP contribution in [-0.4, -0.2) is 14.8 Å². The van der Waals surface area contributed by atoms with E-state index in [2.05, 4.69) is 13.8 Å². The molecule has 0 saturated heterocycles. The van der Waals surface area contributed by atoms with E-state index in [0.717, 1.165) is 0 Å². The van der Waals surface area contributed by atoms with Gasteiger partial charge in [0.1, 0.15) is 9.55 Å². The smallest absolute Gasteiger partial charge is 0.107 e. The van der Waals surface area contributed by atoms with E-state index >= 15 is 0 Å². The molecule has 0 aromatic rings. The van der Waals surface area contributed by atoms with Crippen LogP contribution in [0.5, 0.6) is 0 Å². The van der Waals surface area contributed by atoms with Crippen molar-refractivity contribution >= 4 is 56.4 Å². The van der Waals surface area contributed by atoms with E-state index in [-0.39, 0.29) is 4.71 Å². The predicted molar refractivity (Wildman–Crippen MR) is 55.5 cm³/mol. The lowest BCUT2D eigenvalue weighted by Crippen LogP contribution is -2.01. The largest absolute Gasteiger partial charge is 0.134 e. The fourth-order valence-corrected chi connectivity index (χ4v) is 2.99. The molecule has 0 spiro atoms. The predicted octanol–water partition coefficient (Wildman–Crippen LogP) is 4.14. The Hall–Kier alpha value is 1.57. The zero-order valence-corrected chi connectivity index (χ0v) is 9.58. The third kappa shape index (κ3) is 6.29. The van der Waals surface area contributed by atoms with Crippen molar-refractivity contribution < 1.29 is 0 Å². The summed E-state index contributed by atoms with van der Waals surface area (Å²) in [6.45, 7) is 4.19. The van der Waals surface area contributed by atoms with Gasteiger partial charge in [-0.05, 0) is 0 Å². The molecule has 0 aliphatic heterocycles. The monoisotopic (exact) mass is 238 g/mol. The van der Waals surface area contributed by atoms with Crippen LogP contribution in [0.25, 0.3) is 0 Å². The Kier molecular flexibility index (Phi) is 7.09. The first-order valence-electron chi connectivity index (χ1n) is 2.78. The van der Waals surface area contributed by atoms with Crippen LogP contribution < -0.4 is 0 Å². The molecule has 0 amide bonds. The molecular formula is C5H9Cl3S2. The van der Waals surface area contributed by atoms with Gasteiger partial charge in [-0.15, -0.1) is 34.8 Å². The normalized spacial score (nSPS) is 14.7. The van der Waals surface area contributed by atoms with E-state index < -0.39 is 4.84 Å². The zero-order valence-electron chi connectivity index (χ0n) is 5.68. The first-order chi connectivity index (χ1) is 4.54. The summed E-state index contributed by atoms with van der Waals surface area (Å²) < 4.78 is -0.212. The van der Waals surface area contributed by atoms with Gasteiger partial charge in [-0.1, -0.05) is 35.4 Å². The van der Waals surface area contributed by atoms with Crippen molar-refractivity contribution in [3.8, 4) is 0 Å². The molecule has 0 rings (SSSR count). The topological polar surface area (TPSA) is 0 Å². The maximum Gasteiger partial charge on any atom is 0.134 e. The van der Waals surface area contributed by atoms with Gasteiger partial charge in [0.25, 0.3) is 0 Å². The molecule has 0 saturated carbocycles. The Morgan fingerprint density at radius 1 is 1.00 bits per heavy atom. The maximum atomic E-state index is 5.74. The Morgan fingerprint density at radius 3 is 1.80 bits per heavy atom. The van der Waals surface area contributed by atoms with Crippen LogP contribution in [0.4, 0.5) is 0 Å². The molecule has 0 N–H and O–H groups in total. The molecule has 1 unspecified atom stereocenters. The lowest BCUT2D eigenvalue weighted by Gasteiger charge is -2.09. The molecule has 5 heteroatoms. The second-order valence-electron chi connectivity index (χ2n) is 1.93. The van der Waals surface area contributed by atoms with Crippen LogP contribution in [0.15, 0.2) is 0 Å². The molecule has 0 heterocycles. The Bertz CT molecular complexity index is 87.0. The van der Waals surface area contributed by atoms with Gasteiger partial charge in [0.05, 0.1) is 0 Å². The van der Waals surface area contributed by atoms with Crippen molar-refractivity contribution in [2.24, 2.45) is 0 Å². The minimum Gasteiger partial charge on any atom is -0.107 e. The molecule has 0 aliphatic rings. The minimum absolute atomic E-state index is 0.212. The summed E-state index contributed by atoms with van der Waals surface area (Å²) in [6.07, 6.45) is 0. The van der Waals surface area contributed by atoms with E-state index in [0.29, 0.717) is 5.25 Å². The van der Waals surface area contributed by atoms with Crippen LogP contribution in [0.1, 0.15) is 13.8 Å². The van der Waals surface area contributed by atoms with Gasteiger partial charge in [-0.3, -0.25) is 0 Å². The van der Waals surface area contributed by atoms with E-state index in [1.165, 1.54) is 10.8 Å². The Balaban J connectivity index is 3.30. The molecule has 0 aliphatic carbocycles. The first kappa shape index (κ1) is 11.6. The summed E-state index contributed by atoms with van der Waals surface area (Å²) >= 11 is 16.8. The van der Waals surface area contributed by atoms with Crippen molar-refractivity contribution in [2.45, 2.75) is 28.6 Å². The number of rotatable bonds is 4. The highest BCUT2D eigenvalue weighted by atomic mass is 35.5. The SMILES string of the molecule is CC(C)SSC(Cl)C(Cl)Cl. The third-order valence-corrected chi connectivity index (χ3v) is 5.50. The fourth-order valence-electron chi connectivity index (χ4n) is 0.206. The molecule has 10 heavy (non-hydrogen) atoms. The minimum atomic E-state index is -0.488. The van der Waals surface area contributed by atoms with Gasteiger partial charge >= 0.3 is 0 Å². The van der Waals surface area contributed by atoms with E-state index in [4.69, 9.17) is 34.8 Å². The molecule has 0 aromatic carbocycles. The van der Waals surface area contributed by atoms with Gasteiger partial charge in [0.15, 0.2) is 0 Å². The van der Waals surface area contributed by atoms with Crippen molar-refractivity contribution in [3.63, 3.8) is 0 Å². The van der Waals surface area contributed by atoms with E-state index in [1.54, 1.807) is 10.8 Å². The number of hydrogen-bond donors (Lipinski definition) is 0. The van der Waals surface area contributed by atoms with Crippen molar-refractivity contribution in [1.82, 2.24) is 0 Å².